The van der Waals surface area contributed by atoms with Crippen LogP contribution in [0.4, 0.5) is 0 Å². The standard InChI is InChI=1S/C15H18N2O2/c16-9-12-2-1-3-13(8-12)18-7-6-17-10-14-4-5-15(11-17)19-14/h1-3,8,14-15H,4-7,10-11H2. The van der Waals surface area contributed by atoms with Crippen molar-refractivity contribution in [1.29, 1.82) is 5.26 Å². The van der Waals surface area contributed by atoms with E-state index in [9.17, 15) is 0 Å². The molecular formula is C15H18N2O2. The molecule has 2 heterocycles. The number of hydrogen-bond acceptors (Lipinski definition) is 4. The Bertz CT molecular complexity index is 471. The Morgan fingerprint density at radius 1 is 1.32 bits per heavy atom. The van der Waals surface area contributed by atoms with Crippen LogP contribution in [0.2, 0.25) is 0 Å². The Labute approximate surface area is 113 Å². The summed E-state index contributed by atoms with van der Waals surface area (Å²) in [4.78, 5) is 2.42. The summed E-state index contributed by atoms with van der Waals surface area (Å²) in [6.07, 6.45) is 3.26. The Morgan fingerprint density at radius 2 is 2.11 bits per heavy atom. The summed E-state index contributed by atoms with van der Waals surface area (Å²) in [6.45, 7) is 3.64. The Kier molecular flexibility index (Phi) is 3.67. The zero-order chi connectivity index (χ0) is 13.1. The highest BCUT2D eigenvalue weighted by Gasteiger charge is 2.33. The van der Waals surface area contributed by atoms with E-state index in [1.807, 2.05) is 12.1 Å². The summed E-state index contributed by atoms with van der Waals surface area (Å²) in [5.74, 6) is 0.773. The molecule has 19 heavy (non-hydrogen) atoms. The van der Waals surface area contributed by atoms with Gasteiger partial charge in [0.05, 0.1) is 23.8 Å². The minimum Gasteiger partial charge on any atom is -0.492 e. The number of nitrogens with zero attached hydrogens (tertiary/aromatic N) is 2. The van der Waals surface area contributed by atoms with Gasteiger partial charge in [0, 0.05) is 19.6 Å². The molecule has 0 saturated carbocycles. The lowest BCUT2D eigenvalue weighted by Gasteiger charge is -2.31. The van der Waals surface area contributed by atoms with E-state index in [4.69, 9.17) is 14.7 Å². The highest BCUT2D eigenvalue weighted by molar-refractivity contribution is 5.36. The van der Waals surface area contributed by atoms with Crippen LogP contribution >= 0.6 is 0 Å². The number of ether oxygens (including phenoxy) is 2. The molecule has 2 aliphatic rings. The van der Waals surface area contributed by atoms with E-state index in [2.05, 4.69) is 11.0 Å². The van der Waals surface area contributed by atoms with E-state index in [-0.39, 0.29) is 0 Å². The summed E-state index contributed by atoms with van der Waals surface area (Å²) in [6, 6.07) is 9.43. The molecule has 0 radical (unpaired) electrons. The van der Waals surface area contributed by atoms with Gasteiger partial charge in [-0.15, -0.1) is 0 Å². The average molecular weight is 258 g/mol. The molecule has 2 saturated heterocycles. The molecule has 4 nitrogen and oxygen atoms in total. The first-order valence-electron chi connectivity index (χ1n) is 6.84. The normalized spacial score (nSPS) is 26.1. The lowest BCUT2D eigenvalue weighted by molar-refractivity contribution is -0.0408. The number of fused-ring (bicyclic) bond motifs is 2. The third-order valence-corrected chi connectivity index (χ3v) is 3.76. The largest absolute Gasteiger partial charge is 0.492 e. The minimum atomic E-state index is 0.431. The quantitative estimate of drug-likeness (QED) is 0.826. The molecule has 0 spiro atoms. The summed E-state index contributed by atoms with van der Waals surface area (Å²) < 4.78 is 11.5. The van der Waals surface area contributed by atoms with Gasteiger partial charge < -0.3 is 9.47 Å². The molecule has 1 aromatic carbocycles. The van der Waals surface area contributed by atoms with Crippen LogP contribution in [0.3, 0.4) is 0 Å². The molecule has 100 valence electrons. The van der Waals surface area contributed by atoms with Gasteiger partial charge in [-0.05, 0) is 31.0 Å². The molecule has 1 aromatic rings. The smallest absolute Gasteiger partial charge is 0.120 e. The fourth-order valence-electron chi connectivity index (χ4n) is 2.83. The summed E-state index contributed by atoms with van der Waals surface area (Å²) in [5, 5.41) is 8.83. The maximum atomic E-state index is 8.83. The van der Waals surface area contributed by atoms with Crippen molar-refractivity contribution >= 4 is 0 Å². The lowest BCUT2D eigenvalue weighted by Crippen LogP contribution is -2.44. The highest BCUT2D eigenvalue weighted by atomic mass is 16.5. The second kappa shape index (κ2) is 5.60. The van der Waals surface area contributed by atoms with Gasteiger partial charge in [-0.25, -0.2) is 0 Å². The first kappa shape index (κ1) is 12.5. The highest BCUT2D eigenvalue weighted by Crippen LogP contribution is 2.25. The van der Waals surface area contributed by atoms with Gasteiger partial charge >= 0.3 is 0 Å². The number of rotatable bonds is 4. The van der Waals surface area contributed by atoms with Crippen LogP contribution < -0.4 is 4.74 Å². The van der Waals surface area contributed by atoms with Gasteiger partial charge in [-0.2, -0.15) is 5.26 Å². The number of benzene rings is 1. The predicted molar refractivity (Wildman–Crippen MR) is 71.0 cm³/mol. The van der Waals surface area contributed by atoms with Crippen LogP contribution in [0, 0.1) is 11.3 Å². The third kappa shape index (κ3) is 3.06. The molecular weight excluding hydrogens is 240 g/mol. The summed E-state index contributed by atoms with van der Waals surface area (Å²) >= 11 is 0. The van der Waals surface area contributed by atoms with Crippen LogP contribution in [-0.4, -0.2) is 43.3 Å². The van der Waals surface area contributed by atoms with Crippen molar-refractivity contribution in [2.45, 2.75) is 25.0 Å². The van der Waals surface area contributed by atoms with Crippen molar-refractivity contribution < 1.29 is 9.47 Å². The molecule has 0 amide bonds. The fourth-order valence-corrected chi connectivity index (χ4v) is 2.83. The van der Waals surface area contributed by atoms with Crippen molar-refractivity contribution in [3.8, 4) is 11.8 Å². The van der Waals surface area contributed by atoms with Crippen molar-refractivity contribution in [3.63, 3.8) is 0 Å². The summed E-state index contributed by atoms with van der Waals surface area (Å²) in [7, 11) is 0. The minimum absolute atomic E-state index is 0.431. The number of morpholine rings is 1. The van der Waals surface area contributed by atoms with E-state index in [0.29, 0.717) is 24.4 Å². The molecule has 4 heteroatoms. The molecule has 2 fully saturated rings. The van der Waals surface area contributed by atoms with Crippen molar-refractivity contribution in [1.82, 2.24) is 4.90 Å². The predicted octanol–water partition coefficient (Wildman–Crippen LogP) is 1.80. The van der Waals surface area contributed by atoms with Gasteiger partial charge in [-0.1, -0.05) is 6.07 Å². The van der Waals surface area contributed by atoms with Gasteiger partial charge in [-0.3, -0.25) is 4.90 Å². The maximum Gasteiger partial charge on any atom is 0.120 e. The number of nitriles is 1. The molecule has 0 N–H and O–H groups in total. The maximum absolute atomic E-state index is 8.83. The molecule has 0 aromatic heterocycles. The summed E-state index contributed by atoms with van der Waals surface area (Å²) in [5.41, 5.74) is 0.641. The van der Waals surface area contributed by atoms with Crippen LogP contribution in [0.1, 0.15) is 18.4 Å². The van der Waals surface area contributed by atoms with Gasteiger partial charge in [0.2, 0.25) is 0 Å². The monoisotopic (exact) mass is 258 g/mol. The second-order valence-electron chi connectivity index (χ2n) is 5.21. The zero-order valence-corrected chi connectivity index (χ0v) is 10.9. The van der Waals surface area contributed by atoms with Crippen molar-refractivity contribution in [2.75, 3.05) is 26.2 Å². The van der Waals surface area contributed by atoms with Crippen molar-refractivity contribution in [3.05, 3.63) is 29.8 Å². The molecule has 2 atom stereocenters. The van der Waals surface area contributed by atoms with Gasteiger partial charge in [0.15, 0.2) is 0 Å². The van der Waals surface area contributed by atoms with E-state index >= 15 is 0 Å². The topological polar surface area (TPSA) is 45.5 Å². The van der Waals surface area contributed by atoms with Crippen LogP contribution in [0.15, 0.2) is 24.3 Å². The Balaban J connectivity index is 1.46. The van der Waals surface area contributed by atoms with Crippen LogP contribution in [0.5, 0.6) is 5.75 Å². The molecule has 2 unspecified atom stereocenters. The first-order valence-corrected chi connectivity index (χ1v) is 6.84. The van der Waals surface area contributed by atoms with E-state index in [1.165, 1.54) is 12.8 Å². The third-order valence-electron chi connectivity index (χ3n) is 3.76. The van der Waals surface area contributed by atoms with E-state index in [0.717, 1.165) is 25.4 Å². The SMILES string of the molecule is N#Cc1cccc(OCCN2CC3CCC(C2)O3)c1. The molecule has 3 rings (SSSR count). The molecule has 0 aliphatic carbocycles. The molecule has 2 bridgehead atoms. The zero-order valence-electron chi connectivity index (χ0n) is 10.9. The van der Waals surface area contributed by atoms with E-state index < -0.39 is 0 Å². The van der Waals surface area contributed by atoms with Crippen LogP contribution in [0.25, 0.3) is 0 Å². The second-order valence-corrected chi connectivity index (χ2v) is 5.21. The number of likely N-dealkylation sites (tertiary alicyclic amines) is 1. The number of hydrogen-bond donors (Lipinski definition) is 0. The molecule has 2 aliphatic heterocycles. The van der Waals surface area contributed by atoms with Gasteiger partial charge in [0.25, 0.3) is 0 Å². The van der Waals surface area contributed by atoms with E-state index in [1.54, 1.807) is 12.1 Å². The van der Waals surface area contributed by atoms with Gasteiger partial charge in [0.1, 0.15) is 12.4 Å². The Hall–Kier alpha value is -1.57. The van der Waals surface area contributed by atoms with Crippen molar-refractivity contribution in [2.24, 2.45) is 0 Å². The fraction of sp³-hybridized carbons (Fsp3) is 0.533. The average Bonchev–Trinajstić information content (AvgIpc) is 2.78. The van der Waals surface area contributed by atoms with Crippen LogP contribution in [-0.2, 0) is 4.74 Å². The first-order chi connectivity index (χ1) is 9.33. The Morgan fingerprint density at radius 3 is 2.84 bits per heavy atom. The lowest BCUT2D eigenvalue weighted by atomic mass is 10.2.